The zero-order chi connectivity index (χ0) is 19.3. The Bertz CT molecular complexity index is 983. The predicted molar refractivity (Wildman–Crippen MR) is 103 cm³/mol. The molecule has 2 aliphatic rings. The number of fused-ring (bicyclic) bond motifs is 1. The monoisotopic (exact) mass is 381 g/mol. The van der Waals surface area contributed by atoms with Crippen molar-refractivity contribution in [3.8, 4) is 0 Å². The number of imide groups is 1. The smallest absolute Gasteiger partial charge is 0.259 e. The van der Waals surface area contributed by atoms with Gasteiger partial charge in [0.2, 0.25) is 5.91 Å². The van der Waals surface area contributed by atoms with Gasteiger partial charge in [-0.1, -0.05) is 29.3 Å². The Balaban J connectivity index is 1.79. The van der Waals surface area contributed by atoms with E-state index >= 15 is 0 Å². The number of carbonyl (C=O) groups excluding carboxylic acids is 3. The Morgan fingerprint density at radius 3 is 2.15 bits per heavy atom. The van der Waals surface area contributed by atoms with Crippen molar-refractivity contribution in [1.82, 2.24) is 0 Å². The molecular weight excluding hydrogens is 366 g/mol. The van der Waals surface area contributed by atoms with E-state index in [4.69, 9.17) is 11.6 Å². The van der Waals surface area contributed by atoms with Gasteiger partial charge in [0, 0.05) is 11.9 Å². The fourth-order valence-corrected chi connectivity index (χ4v) is 3.59. The number of amides is 2. The molecule has 2 aromatic rings. The number of ketones is 1. The van der Waals surface area contributed by atoms with Crippen molar-refractivity contribution in [3.05, 3.63) is 59.1 Å². The van der Waals surface area contributed by atoms with Crippen LogP contribution in [0, 0.1) is 12.8 Å². The molecule has 136 valence electrons. The summed E-state index contributed by atoms with van der Waals surface area (Å²) in [5.41, 5.74) is 2.25. The fraction of sp³-hybridized carbons (Fsp3) is 0.200. The van der Waals surface area contributed by atoms with Gasteiger partial charge in [0.25, 0.3) is 5.91 Å². The lowest BCUT2D eigenvalue weighted by molar-refractivity contribution is -0.122. The van der Waals surface area contributed by atoms with Crippen LogP contribution >= 0.6 is 11.6 Å². The van der Waals surface area contributed by atoms with Crippen LogP contribution in [-0.4, -0.2) is 29.4 Å². The van der Waals surface area contributed by atoms with E-state index in [0.717, 1.165) is 10.5 Å². The molecule has 1 saturated heterocycles. The molecule has 4 rings (SSSR count). The van der Waals surface area contributed by atoms with E-state index < -0.39 is 23.8 Å². The molecule has 2 heterocycles. The molecule has 2 atom stereocenters. The van der Waals surface area contributed by atoms with E-state index in [-0.39, 0.29) is 11.5 Å². The Morgan fingerprint density at radius 2 is 1.56 bits per heavy atom. The number of anilines is 2. The summed E-state index contributed by atoms with van der Waals surface area (Å²) in [6, 6.07) is 13.0. The third-order valence-electron chi connectivity index (χ3n) is 4.79. The highest BCUT2D eigenvalue weighted by atomic mass is 35.5. The number of hydrogen-bond acceptors (Lipinski definition) is 5. The third kappa shape index (κ3) is 2.73. The Hall–Kier alpha value is -2.99. The van der Waals surface area contributed by atoms with Crippen molar-refractivity contribution < 1.29 is 14.4 Å². The van der Waals surface area contributed by atoms with Gasteiger partial charge in [-0.05, 0) is 43.3 Å². The summed E-state index contributed by atoms with van der Waals surface area (Å²) in [6.45, 7) is 3.31. The maximum absolute atomic E-state index is 13.1. The molecule has 0 aromatic heterocycles. The first-order valence-corrected chi connectivity index (χ1v) is 8.85. The quantitative estimate of drug-likeness (QED) is 0.766. The molecule has 0 saturated carbocycles. The Kier molecular flexibility index (Phi) is 4.08. The molecule has 0 radical (unpaired) electrons. The number of Topliss-reactive ketones (excluding diaryl/α,β-unsaturated/α-hetero) is 1. The summed E-state index contributed by atoms with van der Waals surface area (Å²) >= 11 is 5.91. The second kappa shape index (κ2) is 6.32. The lowest BCUT2D eigenvalue weighted by Crippen LogP contribution is -2.39. The molecule has 27 heavy (non-hydrogen) atoms. The summed E-state index contributed by atoms with van der Waals surface area (Å²) in [5.74, 6) is -2.09. The average Bonchev–Trinajstić information content (AvgIpc) is 3.15. The first kappa shape index (κ1) is 17.4. The first-order valence-electron chi connectivity index (χ1n) is 8.47. The molecule has 2 amide bonds. The number of halogens is 1. The number of benzene rings is 2. The van der Waals surface area contributed by atoms with Crippen molar-refractivity contribution in [2.75, 3.05) is 9.91 Å². The Morgan fingerprint density at radius 1 is 0.963 bits per heavy atom. The molecule has 6 nitrogen and oxygen atoms in total. The molecule has 0 aliphatic carbocycles. The van der Waals surface area contributed by atoms with E-state index in [1.165, 1.54) is 11.9 Å². The topological polar surface area (TPSA) is 70.1 Å². The Labute approximate surface area is 161 Å². The number of nitrogens with zero attached hydrogens (tertiary/aromatic N) is 3. The van der Waals surface area contributed by atoms with E-state index in [1.54, 1.807) is 24.3 Å². The molecule has 0 N–H and O–H groups in total. The normalized spacial score (nSPS) is 21.5. The fourth-order valence-electron chi connectivity index (χ4n) is 3.46. The van der Waals surface area contributed by atoms with Crippen LogP contribution in [0.1, 0.15) is 12.5 Å². The van der Waals surface area contributed by atoms with Gasteiger partial charge < -0.3 is 0 Å². The number of carbonyl (C=O) groups is 3. The summed E-state index contributed by atoms with van der Waals surface area (Å²) in [7, 11) is 0. The van der Waals surface area contributed by atoms with Crippen molar-refractivity contribution in [2.24, 2.45) is 11.0 Å². The lowest BCUT2D eigenvalue weighted by atomic mass is 9.95. The maximum atomic E-state index is 13.1. The molecule has 0 bridgehead atoms. The van der Waals surface area contributed by atoms with Crippen LogP contribution in [-0.2, 0) is 14.4 Å². The van der Waals surface area contributed by atoms with Gasteiger partial charge in [-0.25, -0.2) is 4.90 Å². The molecule has 0 spiro atoms. The number of rotatable bonds is 3. The minimum absolute atomic E-state index is 0.107. The van der Waals surface area contributed by atoms with Crippen LogP contribution in [0.3, 0.4) is 0 Å². The van der Waals surface area contributed by atoms with E-state index in [9.17, 15) is 14.4 Å². The SMILES string of the molecule is CC(=O)C1=NN(c2ccc(C)cc2)[C@H]2C(=O)N(c3ccc(Cl)cc3)C(=O)[C@@H]12. The number of hydrogen-bond donors (Lipinski definition) is 0. The molecule has 7 heteroatoms. The molecule has 0 unspecified atom stereocenters. The second-order valence-electron chi connectivity index (χ2n) is 6.63. The third-order valence-corrected chi connectivity index (χ3v) is 5.05. The van der Waals surface area contributed by atoms with Gasteiger partial charge >= 0.3 is 0 Å². The van der Waals surface area contributed by atoms with Crippen molar-refractivity contribution in [3.63, 3.8) is 0 Å². The molecule has 2 aliphatic heterocycles. The van der Waals surface area contributed by atoms with Crippen molar-refractivity contribution in [1.29, 1.82) is 0 Å². The zero-order valence-electron chi connectivity index (χ0n) is 14.7. The molecule has 1 fully saturated rings. The van der Waals surface area contributed by atoms with Gasteiger partial charge in [-0.15, -0.1) is 0 Å². The van der Waals surface area contributed by atoms with Crippen LogP contribution in [0.15, 0.2) is 53.6 Å². The van der Waals surface area contributed by atoms with Gasteiger partial charge in [0.15, 0.2) is 5.78 Å². The van der Waals surface area contributed by atoms with E-state index in [2.05, 4.69) is 5.10 Å². The maximum Gasteiger partial charge on any atom is 0.259 e. The van der Waals surface area contributed by atoms with Gasteiger partial charge in [0.1, 0.15) is 17.7 Å². The van der Waals surface area contributed by atoms with E-state index in [1.807, 2.05) is 31.2 Å². The zero-order valence-corrected chi connectivity index (χ0v) is 15.5. The molecular formula is C20H16ClN3O3. The van der Waals surface area contributed by atoms with Crippen molar-refractivity contribution >= 4 is 46.3 Å². The van der Waals surface area contributed by atoms with Gasteiger partial charge in [0.05, 0.1) is 11.4 Å². The molecule has 2 aromatic carbocycles. The predicted octanol–water partition coefficient (Wildman–Crippen LogP) is 2.97. The standard InChI is InChI=1S/C20H16ClN3O3/c1-11-3-7-15(8-4-11)24-18-16(17(22-24)12(2)25)19(26)23(20(18)27)14-9-5-13(21)6-10-14/h3-10,16,18H,1-2H3/t16-,18+/m0/s1. The highest BCUT2D eigenvalue weighted by molar-refractivity contribution is 6.48. The van der Waals surface area contributed by atoms with Crippen LogP contribution < -0.4 is 9.91 Å². The first-order chi connectivity index (χ1) is 12.9. The van der Waals surface area contributed by atoms with Crippen LogP contribution in [0.2, 0.25) is 5.02 Å². The summed E-state index contributed by atoms with van der Waals surface area (Å²) in [6.07, 6.45) is 0. The summed E-state index contributed by atoms with van der Waals surface area (Å²) in [5, 5.41) is 6.31. The van der Waals surface area contributed by atoms with Gasteiger partial charge in [-0.3, -0.25) is 19.4 Å². The van der Waals surface area contributed by atoms with Crippen LogP contribution in [0.25, 0.3) is 0 Å². The highest BCUT2D eigenvalue weighted by Gasteiger charge is 2.58. The van der Waals surface area contributed by atoms with Gasteiger partial charge in [-0.2, -0.15) is 5.10 Å². The number of aryl methyl sites for hydroxylation is 1. The van der Waals surface area contributed by atoms with Crippen LogP contribution in [0.4, 0.5) is 11.4 Å². The number of hydrazone groups is 1. The largest absolute Gasteiger partial charge is 0.293 e. The summed E-state index contributed by atoms with van der Waals surface area (Å²) < 4.78 is 0. The minimum Gasteiger partial charge on any atom is -0.293 e. The van der Waals surface area contributed by atoms with Crippen molar-refractivity contribution in [2.45, 2.75) is 19.9 Å². The highest BCUT2D eigenvalue weighted by Crippen LogP contribution is 2.38. The van der Waals surface area contributed by atoms with Crippen LogP contribution in [0.5, 0.6) is 0 Å². The average molecular weight is 382 g/mol. The van der Waals surface area contributed by atoms with E-state index in [0.29, 0.717) is 16.4 Å². The lowest BCUT2D eigenvalue weighted by Gasteiger charge is -2.22. The second-order valence-corrected chi connectivity index (χ2v) is 7.07. The minimum atomic E-state index is -0.910. The summed E-state index contributed by atoms with van der Waals surface area (Å²) in [4.78, 5) is 39.4.